The molecule has 0 amide bonds. The van der Waals surface area contributed by atoms with Gasteiger partial charge < -0.3 is 0 Å². The molecule has 1 nitrogen and oxygen atoms in total. The van der Waals surface area contributed by atoms with E-state index in [1.165, 1.54) is 36.8 Å². The summed E-state index contributed by atoms with van der Waals surface area (Å²) in [5.74, 6) is 0.463. The largest absolute Gasteiger partial charge is 0.300 e. The molecule has 28 heavy (non-hydrogen) atoms. The molecule has 0 saturated carbocycles. The van der Waals surface area contributed by atoms with Gasteiger partial charge in [-0.2, -0.15) is 0 Å². The number of hydrogen-bond acceptors (Lipinski definition) is 1. The lowest BCUT2D eigenvalue weighted by Crippen LogP contribution is -2.23. The van der Waals surface area contributed by atoms with Crippen molar-refractivity contribution in [3.63, 3.8) is 0 Å². The highest BCUT2D eigenvalue weighted by Gasteiger charge is 2.27. The van der Waals surface area contributed by atoms with E-state index >= 15 is 0 Å². The van der Waals surface area contributed by atoms with Crippen LogP contribution >= 0.6 is 0 Å². The van der Waals surface area contributed by atoms with Crippen LogP contribution in [0.25, 0.3) is 0 Å². The first kappa shape index (κ1) is 22.4. The molecule has 2 aromatic carbocycles. The summed E-state index contributed by atoms with van der Waals surface area (Å²) in [6.45, 7) is 4.59. The monoisotopic (exact) mass is 378 g/mol. The second-order valence-corrected chi connectivity index (χ2v) is 8.33. The highest BCUT2D eigenvalue weighted by Crippen LogP contribution is 2.36. The highest BCUT2D eigenvalue weighted by atomic mass is 16.1. The quantitative estimate of drug-likeness (QED) is 0.306. The summed E-state index contributed by atoms with van der Waals surface area (Å²) in [5.41, 5.74) is 2.79. The Bertz CT molecular complexity index is 620. The molecule has 0 unspecified atom stereocenters. The van der Waals surface area contributed by atoms with Crippen molar-refractivity contribution in [1.82, 2.24) is 0 Å². The molecule has 0 atom stereocenters. The first-order chi connectivity index (χ1) is 13.7. The van der Waals surface area contributed by atoms with Crippen molar-refractivity contribution in [2.75, 3.05) is 0 Å². The number of ketones is 1. The molecular weight excluding hydrogens is 340 g/mol. The van der Waals surface area contributed by atoms with Crippen molar-refractivity contribution >= 4 is 5.78 Å². The predicted octanol–water partition coefficient (Wildman–Crippen LogP) is 7.87. The SMILES string of the molecule is CCCCCCCC(=O)CCCCCC(C)(c1ccccc1)c1ccccc1. The zero-order valence-corrected chi connectivity index (χ0v) is 18.0. The number of hydrogen-bond donors (Lipinski definition) is 0. The molecule has 0 aliphatic rings. The van der Waals surface area contributed by atoms with Crippen molar-refractivity contribution in [2.45, 2.75) is 89.9 Å². The second-order valence-electron chi connectivity index (χ2n) is 8.33. The molecule has 1 heteroatoms. The van der Waals surface area contributed by atoms with Crippen LogP contribution in [0.1, 0.15) is 95.6 Å². The molecule has 2 rings (SSSR count). The van der Waals surface area contributed by atoms with Gasteiger partial charge in [-0.05, 0) is 30.4 Å². The van der Waals surface area contributed by atoms with Gasteiger partial charge in [-0.15, -0.1) is 0 Å². The minimum Gasteiger partial charge on any atom is -0.300 e. The molecule has 0 aliphatic heterocycles. The Morgan fingerprint density at radius 1 is 0.679 bits per heavy atom. The molecule has 2 aromatic rings. The molecular formula is C27H38O. The Balaban J connectivity index is 1.78. The van der Waals surface area contributed by atoms with Crippen molar-refractivity contribution in [3.8, 4) is 0 Å². The van der Waals surface area contributed by atoms with Crippen LogP contribution in [-0.2, 0) is 10.2 Å². The van der Waals surface area contributed by atoms with E-state index in [0.717, 1.165) is 44.9 Å². The number of Topliss-reactive ketones (excluding diaryl/α,β-unsaturated/α-hetero) is 1. The smallest absolute Gasteiger partial charge is 0.132 e. The molecule has 0 N–H and O–H groups in total. The standard InChI is InChI=1S/C27H38O/c1-3-4-5-6-14-21-26(28)22-15-9-16-23-27(2,24-17-10-7-11-18-24)25-19-12-8-13-20-25/h7-8,10-13,17-20H,3-6,9,14-16,21-23H2,1-2H3. The number of benzene rings is 2. The maximum Gasteiger partial charge on any atom is 0.132 e. The summed E-state index contributed by atoms with van der Waals surface area (Å²) < 4.78 is 0. The summed E-state index contributed by atoms with van der Waals surface area (Å²) in [6.07, 6.45) is 12.1. The van der Waals surface area contributed by atoms with Crippen LogP contribution in [-0.4, -0.2) is 5.78 Å². The van der Waals surface area contributed by atoms with Gasteiger partial charge in [-0.1, -0.05) is 113 Å². The van der Waals surface area contributed by atoms with Crippen LogP contribution in [0, 0.1) is 0 Å². The first-order valence-corrected chi connectivity index (χ1v) is 11.3. The molecule has 0 heterocycles. The number of carbonyl (C=O) groups is 1. The Kier molecular flexibility index (Phi) is 10.0. The van der Waals surface area contributed by atoms with Crippen LogP contribution < -0.4 is 0 Å². The maximum absolute atomic E-state index is 12.1. The molecule has 0 fully saturated rings. The Morgan fingerprint density at radius 3 is 1.64 bits per heavy atom. The van der Waals surface area contributed by atoms with Gasteiger partial charge >= 0.3 is 0 Å². The van der Waals surface area contributed by atoms with Crippen molar-refractivity contribution < 1.29 is 4.79 Å². The van der Waals surface area contributed by atoms with Gasteiger partial charge in [0.05, 0.1) is 0 Å². The van der Waals surface area contributed by atoms with Crippen LogP contribution in [0.5, 0.6) is 0 Å². The Labute approximate surface area is 172 Å². The number of rotatable bonds is 14. The van der Waals surface area contributed by atoms with Crippen molar-refractivity contribution in [1.29, 1.82) is 0 Å². The second kappa shape index (κ2) is 12.5. The van der Waals surface area contributed by atoms with Crippen molar-refractivity contribution in [2.24, 2.45) is 0 Å². The molecule has 0 aromatic heterocycles. The molecule has 0 spiro atoms. The third-order valence-electron chi connectivity index (χ3n) is 6.01. The predicted molar refractivity (Wildman–Crippen MR) is 121 cm³/mol. The maximum atomic E-state index is 12.1. The third kappa shape index (κ3) is 7.26. The van der Waals surface area contributed by atoms with Crippen LogP contribution in [0.3, 0.4) is 0 Å². The third-order valence-corrected chi connectivity index (χ3v) is 6.01. The van der Waals surface area contributed by atoms with E-state index in [-0.39, 0.29) is 5.41 Å². The molecule has 0 radical (unpaired) electrons. The summed E-state index contributed by atoms with van der Waals surface area (Å²) >= 11 is 0. The Morgan fingerprint density at radius 2 is 1.14 bits per heavy atom. The summed E-state index contributed by atoms with van der Waals surface area (Å²) in [4.78, 5) is 12.1. The zero-order chi connectivity index (χ0) is 20.1. The molecule has 0 saturated heterocycles. The lowest BCUT2D eigenvalue weighted by molar-refractivity contribution is -0.119. The van der Waals surface area contributed by atoms with Gasteiger partial charge in [0, 0.05) is 18.3 Å². The summed E-state index contributed by atoms with van der Waals surface area (Å²) in [7, 11) is 0. The van der Waals surface area contributed by atoms with E-state index < -0.39 is 0 Å². The van der Waals surface area contributed by atoms with Gasteiger partial charge in [0.25, 0.3) is 0 Å². The zero-order valence-electron chi connectivity index (χ0n) is 18.0. The fourth-order valence-corrected chi connectivity index (χ4v) is 4.10. The lowest BCUT2D eigenvalue weighted by Gasteiger charge is -2.31. The minimum absolute atomic E-state index is 0.0335. The van der Waals surface area contributed by atoms with Gasteiger partial charge in [-0.3, -0.25) is 4.79 Å². The van der Waals surface area contributed by atoms with E-state index in [1.807, 2.05) is 0 Å². The number of unbranched alkanes of at least 4 members (excludes halogenated alkanes) is 6. The normalized spacial score (nSPS) is 11.5. The van der Waals surface area contributed by atoms with Gasteiger partial charge in [0.15, 0.2) is 0 Å². The number of carbonyl (C=O) groups excluding carboxylic acids is 1. The van der Waals surface area contributed by atoms with Crippen LogP contribution in [0.2, 0.25) is 0 Å². The van der Waals surface area contributed by atoms with Gasteiger partial charge in [-0.25, -0.2) is 0 Å². The van der Waals surface area contributed by atoms with E-state index in [4.69, 9.17) is 0 Å². The summed E-state index contributed by atoms with van der Waals surface area (Å²) in [6, 6.07) is 21.7. The van der Waals surface area contributed by atoms with E-state index in [2.05, 4.69) is 74.5 Å². The topological polar surface area (TPSA) is 17.1 Å². The van der Waals surface area contributed by atoms with Crippen LogP contribution in [0.15, 0.2) is 60.7 Å². The first-order valence-electron chi connectivity index (χ1n) is 11.3. The molecule has 152 valence electrons. The molecule has 0 aliphatic carbocycles. The van der Waals surface area contributed by atoms with Gasteiger partial charge in [0.2, 0.25) is 0 Å². The Hall–Kier alpha value is -1.89. The average molecular weight is 379 g/mol. The fourth-order valence-electron chi connectivity index (χ4n) is 4.10. The van der Waals surface area contributed by atoms with E-state index in [1.54, 1.807) is 0 Å². The minimum atomic E-state index is 0.0335. The van der Waals surface area contributed by atoms with Gasteiger partial charge in [0.1, 0.15) is 5.78 Å². The van der Waals surface area contributed by atoms with Crippen LogP contribution in [0.4, 0.5) is 0 Å². The summed E-state index contributed by atoms with van der Waals surface area (Å²) in [5, 5.41) is 0. The van der Waals surface area contributed by atoms with Crippen molar-refractivity contribution in [3.05, 3.63) is 71.8 Å². The highest BCUT2D eigenvalue weighted by molar-refractivity contribution is 5.78. The lowest BCUT2D eigenvalue weighted by atomic mass is 9.72. The fraction of sp³-hybridized carbons (Fsp3) is 0.519. The van der Waals surface area contributed by atoms with E-state index in [0.29, 0.717) is 5.78 Å². The van der Waals surface area contributed by atoms with E-state index in [9.17, 15) is 4.79 Å². The average Bonchev–Trinajstić information content (AvgIpc) is 2.74. The molecule has 0 bridgehead atoms.